The Morgan fingerprint density at radius 2 is 1.51 bits per heavy atom. The Morgan fingerprint density at radius 3 is 2.10 bits per heavy atom. The van der Waals surface area contributed by atoms with Crippen LogP contribution in [0.1, 0.15) is 72.6 Å². The molecule has 0 aliphatic carbocycles. The number of carbonyl (C=O) groups excluding carboxylic acids is 3. The van der Waals surface area contributed by atoms with Crippen molar-refractivity contribution in [3.8, 4) is 5.75 Å². The van der Waals surface area contributed by atoms with Crippen LogP contribution in [-0.2, 0) is 14.3 Å². The van der Waals surface area contributed by atoms with Gasteiger partial charge >= 0.3 is 6.09 Å². The van der Waals surface area contributed by atoms with Crippen molar-refractivity contribution in [1.29, 1.82) is 0 Å². The van der Waals surface area contributed by atoms with Crippen LogP contribution in [0.25, 0.3) is 10.8 Å². The van der Waals surface area contributed by atoms with Crippen LogP contribution in [0.2, 0.25) is 0 Å². The Bertz CT molecular complexity index is 1420. The van der Waals surface area contributed by atoms with Crippen molar-refractivity contribution in [2.45, 2.75) is 85.5 Å². The maximum absolute atomic E-state index is 14.4. The van der Waals surface area contributed by atoms with Crippen LogP contribution in [0.4, 0.5) is 10.5 Å². The first-order valence-corrected chi connectivity index (χ1v) is 13.9. The Kier molecular flexibility index (Phi) is 9.36. The van der Waals surface area contributed by atoms with Crippen LogP contribution in [-0.4, -0.2) is 45.1 Å². The molecule has 3 rings (SSSR count). The van der Waals surface area contributed by atoms with Gasteiger partial charge in [-0.3, -0.25) is 9.59 Å². The highest BCUT2D eigenvalue weighted by Crippen LogP contribution is 2.37. The molecular weight excluding hydrogens is 518 g/mol. The summed E-state index contributed by atoms with van der Waals surface area (Å²) in [6, 6.07) is 16.3. The Hall–Kier alpha value is -4.07. The second-order valence-corrected chi connectivity index (χ2v) is 12.7. The highest BCUT2D eigenvalue weighted by molar-refractivity contribution is 6.01. The molecule has 8 nitrogen and oxygen atoms in total. The second kappa shape index (κ2) is 12.2. The molecule has 0 fully saturated rings. The van der Waals surface area contributed by atoms with Gasteiger partial charge in [-0.2, -0.15) is 0 Å². The van der Waals surface area contributed by atoms with E-state index in [2.05, 4.69) is 10.6 Å². The third-order valence-corrected chi connectivity index (χ3v) is 6.65. The SMILES string of the molecule is Cc1cccc(C(C(=O)Nc2ccc3ccccc3c2)N(C(=O)C(NC(=O)OC(C)(C)C)C(C)C)C(C)(C)C)c1O. The normalized spacial score (nSPS) is 13.4. The molecular formula is C33H43N3O5. The zero-order valence-corrected chi connectivity index (χ0v) is 25.5. The molecule has 0 radical (unpaired) electrons. The van der Waals surface area contributed by atoms with Crippen LogP contribution < -0.4 is 10.6 Å². The van der Waals surface area contributed by atoms with E-state index in [1.807, 2.05) is 71.0 Å². The number of fused-ring (bicyclic) bond motifs is 1. The quantitative estimate of drug-likeness (QED) is 0.297. The number of nitrogens with zero attached hydrogens (tertiary/aromatic N) is 1. The highest BCUT2D eigenvalue weighted by Gasteiger charge is 2.43. The summed E-state index contributed by atoms with van der Waals surface area (Å²) in [5.41, 5.74) is -0.236. The van der Waals surface area contributed by atoms with Crippen molar-refractivity contribution in [2.75, 3.05) is 5.32 Å². The Labute approximate surface area is 243 Å². The number of hydrogen-bond donors (Lipinski definition) is 3. The number of amides is 3. The summed E-state index contributed by atoms with van der Waals surface area (Å²) in [4.78, 5) is 42.7. The van der Waals surface area contributed by atoms with Crippen molar-refractivity contribution in [1.82, 2.24) is 10.2 Å². The van der Waals surface area contributed by atoms with E-state index in [0.717, 1.165) is 10.8 Å². The lowest BCUT2D eigenvalue weighted by molar-refractivity contribution is -0.147. The van der Waals surface area contributed by atoms with Crippen molar-refractivity contribution >= 4 is 34.4 Å². The van der Waals surface area contributed by atoms with E-state index >= 15 is 0 Å². The van der Waals surface area contributed by atoms with Gasteiger partial charge in [0.05, 0.1) is 0 Å². The van der Waals surface area contributed by atoms with Gasteiger partial charge in [-0.05, 0) is 82.9 Å². The molecule has 3 N–H and O–H groups in total. The zero-order valence-electron chi connectivity index (χ0n) is 25.5. The number of phenols is 1. The summed E-state index contributed by atoms with van der Waals surface area (Å²) in [6.07, 6.45) is -0.728. The van der Waals surface area contributed by atoms with Crippen molar-refractivity contribution in [3.63, 3.8) is 0 Å². The fourth-order valence-electron chi connectivity index (χ4n) is 4.72. The first-order chi connectivity index (χ1) is 19.0. The number of carbonyl (C=O) groups is 3. The largest absolute Gasteiger partial charge is 0.507 e. The molecule has 220 valence electrons. The van der Waals surface area contributed by atoms with Crippen LogP contribution in [0.15, 0.2) is 60.7 Å². The molecule has 0 heterocycles. The molecule has 0 spiro atoms. The van der Waals surface area contributed by atoms with Gasteiger partial charge in [0.15, 0.2) is 0 Å². The van der Waals surface area contributed by atoms with Gasteiger partial charge in [0.25, 0.3) is 5.91 Å². The van der Waals surface area contributed by atoms with Gasteiger partial charge in [0, 0.05) is 16.8 Å². The lowest BCUT2D eigenvalue weighted by atomic mass is 9.92. The first-order valence-electron chi connectivity index (χ1n) is 13.9. The van der Waals surface area contributed by atoms with Crippen LogP contribution in [0, 0.1) is 12.8 Å². The van der Waals surface area contributed by atoms with Gasteiger partial charge in [-0.15, -0.1) is 0 Å². The molecule has 3 aromatic rings. The molecule has 3 aromatic carbocycles. The summed E-state index contributed by atoms with van der Waals surface area (Å²) in [7, 11) is 0. The minimum atomic E-state index is -1.21. The average Bonchev–Trinajstić information content (AvgIpc) is 2.85. The summed E-state index contributed by atoms with van der Waals surface area (Å²) < 4.78 is 5.44. The number of para-hydroxylation sites is 1. The molecule has 0 aliphatic rings. The van der Waals surface area contributed by atoms with Crippen molar-refractivity contribution in [2.24, 2.45) is 5.92 Å². The first kappa shape index (κ1) is 31.5. The van der Waals surface area contributed by atoms with E-state index in [1.165, 1.54) is 4.90 Å². The molecule has 3 amide bonds. The smallest absolute Gasteiger partial charge is 0.408 e. The lowest BCUT2D eigenvalue weighted by Crippen LogP contribution is -2.59. The maximum atomic E-state index is 14.4. The molecule has 0 aliphatic heterocycles. The fraction of sp³-hybridized carbons (Fsp3) is 0.424. The summed E-state index contributed by atoms with van der Waals surface area (Å²) in [5, 5.41) is 18.8. The number of alkyl carbamates (subject to hydrolysis) is 1. The molecule has 0 saturated heterocycles. The third kappa shape index (κ3) is 7.78. The number of benzene rings is 3. The van der Waals surface area contributed by atoms with Crippen molar-refractivity contribution in [3.05, 3.63) is 71.8 Å². The summed E-state index contributed by atoms with van der Waals surface area (Å²) >= 11 is 0. The molecule has 2 unspecified atom stereocenters. The highest BCUT2D eigenvalue weighted by atomic mass is 16.6. The minimum Gasteiger partial charge on any atom is -0.507 e. The maximum Gasteiger partial charge on any atom is 0.408 e. The zero-order chi connectivity index (χ0) is 30.7. The predicted molar refractivity (Wildman–Crippen MR) is 163 cm³/mol. The second-order valence-electron chi connectivity index (χ2n) is 12.7. The fourth-order valence-corrected chi connectivity index (χ4v) is 4.72. The van der Waals surface area contributed by atoms with E-state index in [4.69, 9.17) is 4.74 Å². The number of aryl methyl sites for hydroxylation is 1. The van der Waals surface area contributed by atoms with Crippen LogP contribution in [0.3, 0.4) is 0 Å². The van der Waals surface area contributed by atoms with Gasteiger partial charge < -0.3 is 25.4 Å². The number of hydrogen-bond acceptors (Lipinski definition) is 5. The molecule has 0 aromatic heterocycles. The van der Waals surface area contributed by atoms with Crippen molar-refractivity contribution < 1.29 is 24.2 Å². The Morgan fingerprint density at radius 1 is 0.878 bits per heavy atom. The lowest BCUT2D eigenvalue weighted by Gasteiger charge is -2.43. The van der Waals surface area contributed by atoms with Gasteiger partial charge in [0.2, 0.25) is 5.91 Å². The Balaban J connectivity index is 2.11. The number of aromatic hydroxyl groups is 1. The molecule has 0 saturated carbocycles. The molecule has 41 heavy (non-hydrogen) atoms. The molecule has 8 heteroatoms. The molecule has 2 atom stereocenters. The van der Waals surface area contributed by atoms with E-state index in [-0.39, 0.29) is 17.2 Å². The van der Waals surface area contributed by atoms with Crippen LogP contribution >= 0.6 is 0 Å². The van der Waals surface area contributed by atoms with Gasteiger partial charge in [-0.1, -0.05) is 62.4 Å². The van der Waals surface area contributed by atoms with E-state index in [0.29, 0.717) is 11.3 Å². The minimum absolute atomic E-state index is 0.0746. The number of rotatable bonds is 7. The number of ether oxygens (including phenoxy) is 1. The summed E-state index contributed by atoms with van der Waals surface area (Å²) in [6.45, 7) is 16.1. The van der Waals surface area contributed by atoms with Crippen LogP contribution in [0.5, 0.6) is 5.75 Å². The summed E-state index contributed by atoms with van der Waals surface area (Å²) in [5.74, 6) is -1.37. The van der Waals surface area contributed by atoms with Gasteiger partial charge in [-0.25, -0.2) is 4.79 Å². The number of nitrogens with one attached hydrogen (secondary N) is 2. The van der Waals surface area contributed by atoms with E-state index in [9.17, 15) is 19.5 Å². The monoisotopic (exact) mass is 561 g/mol. The van der Waals surface area contributed by atoms with E-state index < -0.39 is 41.1 Å². The topological polar surface area (TPSA) is 108 Å². The standard InChI is InChI=1S/C33H43N3O5/c1-20(2)26(35-31(40)41-33(7,8)9)30(39)36(32(4,5)6)27(25-16-12-13-21(3)28(25)37)29(38)34-24-18-17-22-14-10-11-15-23(22)19-24/h10-20,26-27,37H,1-9H3,(H,34,38)(H,35,40). The predicted octanol–water partition coefficient (Wildman–Crippen LogP) is 6.71. The van der Waals surface area contributed by atoms with Gasteiger partial charge in [0.1, 0.15) is 23.4 Å². The number of phenolic OH excluding ortho intramolecular Hbond substituents is 1. The molecule has 0 bridgehead atoms. The van der Waals surface area contributed by atoms with E-state index in [1.54, 1.807) is 52.0 Å². The third-order valence-electron chi connectivity index (χ3n) is 6.65. The average molecular weight is 562 g/mol. The number of anilines is 1.